The van der Waals surface area contributed by atoms with Gasteiger partial charge in [-0.05, 0) is 17.7 Å². The average Bonchev–Trinajstić information content (AvgIpc) is 3.06. The lowest BCUT2D eigenvalue weighted by molar-refractivity contribution is -0.143. The highest BCUT2D eigenvalue weighted by Crippen LogP contribution is 2.48. The van der Waals surface area contributed by atoms with Crippen molar-refractivity contribution in [1.82, 2.24) is 9.73 Å². The van der Waals surface area contributed by atoms with Crippen molar-refractivity contribution in [2.75, 3.05) is 12.8 Å². The Bertz CT molecular complexity index is 1080. The number of amides is 1. The molecule has 2 aromatic rings. The lowest BCUT2D eigenvalue weighted by atomic mass is 9.93. The minimum Gasteiger partial charge on any atom is -0.272 e. The van der Waals surface area contributed by atoms with Crippen LogP contribution < -0.4 is 4.72 Å². The molecule has 0 bridgehead atoms. The number of hydrogen-bond acceptors (Lipinski definition) is 5. The highest BCUT2D eigenvalue weighted by molar-refractivity contribution is 8.15. The van der Waals surface area contributed by atoms with Gasteiger partial charge in [0.2, 0.25) is 15.9 Å². The number of carbonyl (C=O) groups excluding carboxylic acids is 1. The summed E-state index contributed by atoms with van der Waals surface area (Å²) in [6.07, 6.45) is 1.06. The topological polar surface area (TPSA) is 78.8 Å². The Balaban J connectivity index is 2.19. The van der Waals surface area contributed by atoms with Crippen molar-refractivity contribution in [3.63, 3.8) is 0 Å². The molecule has 0 spiro atoms. The summed E-state index contributed by atoms with van der Waals surface area (Å²) in [6, 6.07) is 15.2. The Hall–Kier alpha value is -2.23. The highest BCUT2D eigenvalue weighted by atomic mass is 32.2. The van der Waals surface area contributed by atoms with E-state index in [1.807, 2.05) is 6.07 Å². The van der Waals surface area contributed by atoms with E-state index in [-0.39, 0.29) is 18.0 Å². The molecule has 1 amide bonds. The van der Waals surface area contributed by atoms with E-state index in [2.05, 4.69) is 9.82 Å². The number of halogens is 1. The molecular weight excluding hydrogens is 425 g/mol. The number of nitrogens with zero attached hydrogens (tertiary/aromatic N) is 2. The Morgan fingerprint density at radius 3 is 2.30 bits per heavy atom. The third-order valence-corrected chi connectivity index (χ3v) is 6.59. The predicted molar refractivity (Wildman–Crippen MR) is 118 cm³/mol. The average molecular weight is 450 g/mol. The molecule has 30 heavy (non-hydrogen) atoms. The Morgan fingerprint density at radius 1 is 1.13 bits per heavy atom. The van der Waals surface area contributed by atoms with Crippen molar-refractivity contribution in [1.29, 1.82) is 0 Å². The van der Waals surface area contributed by atoms with Crippen molar-refractivity contribution in [3.05, 3.63) is 71.5 Å². The van der Waals surface area contributed by atoms with Crippen LogP contribution >= 0.6 is 11.8 Å². The van der Waals surface area contributed by atoms with Crippen LogP contribution in [-0.2, 0) is 19.7 Å². The number of carbonyl (C=O) groups is 1. The molecule has 1 N–H and O–H groups in total. The zero-order chi connectivity index (χ0) is 22.2. The summed E-state index contributed by atoms with van der Waals surface area (Å²) in [6.45, 7) is 5.16. The molecule has 0 fully saturated rings. The van der Waals surface area contributed by atoms with E-state index in [4.69, 9.17) is 0 Å². The third kappa shape index (κ3) is 4.58. The fourth-order valence-corrected chi connectivity index (χ4v) is 4.88. The van der Waals surface area contributed by atoms with Crippen LogP contribution in [0.2, 0.25) is 0 Å². The monoisotopic (exact) mass is 449 g/mol. The van der Waals surface area contributed by atoms with Gasteiger partial charge < -0.3 is 0 Å². The minimum absolute atomic E-state index is 0.121. The van der Waals surface area contributed by atoms with Gasteiger partial charge in [0.15, 0.2) is 4.87 Å². The molecule has 1 unspecified atom stereocenters. The Labute approximate surface area is 180 Å². The first kappa shape index (κ1) is 22.5. The summed E-state index contributed by atoms with van der Waals surface area (Å²) in [5.74, 6) is -0.771. The van der Waals surface area contributed by atoms with Crippen LogP contribution in [0.25, 0.3) is 0 Å². The predicted octanol–water partition coefficient (Wildman–Crippen LogP) is 3.51. The molecule has 0 aromatic heterocycles. The minimum atomic E-state index is -3.56. The summed E-state index contributed by atoms with van der Waals surface area (Å²) >= 11 is 1.16. The van der Waals surface area contributed by atoms with Crippen molar-refractivity contribution in [3.8, 4) is 0 Å². The van der Waals surface area contributed by atoms with E-state index >= 15 is 0 Å². The second-order valence-corrected chi connectivity index (χ2v) is 11.2. The summed E-state index contributed by atoms with van der Waals surface area (Å²) in [5, 5.41) is 6.11. The molecular formula is C21H24FN3O3S2. The quantitative estimate of drug-likeness (QED) is 0.758. The number of hydrogen-bond donors (Lipinski definition) is 1. The molecule has 1 heterocycles. The number of sulfonamides is 1. The largest absolute Gasteiger partial charge is 0.272 e. The number of benzene rings is 2. The third-order valence-electron chi connectivity index (χ3n) is 4.54. The number of hydrazone groups is 1. The van der Waals surface area contributed by atoms with Crippen LogP contribution in [0, 0.1) is 11.2 Å². The molecule has 1 aliphatic heterocycles. The molecule has 0 saturated carbocycles. The lowest BCUT2D eigenvalue weighted by Crippen LogP contribution is -2.51. The van der Waals surface area contributed by atoms with Gasteiger partial charge in [0.25, 0.3) is 0 Å². The Morgan fingerprint density at radius 2 is 1.73 bits per heavy atom. The Kier molecular flexibility index (Phi) is 6.08. The SMILES string of the molecule is CC(C)(C)C(=O)N1N=C(c2ccccc2F)SC1(CNS(C)(=O)=O)c1ccccc1. The molecule has 3 rings (SSSR count). The first-order valence-corrected chi connectivity index (χ1v) is 12.0. The van der Waals surface area contributed by atoms with Crippen molar-refractivity contribution in [2.24, 2.45) is 10.5 Å². The van der Waals surface area contributed by atoms with Gasteiger partial charge in [0.05, 0.1) is 12.8 Å². The van der Waals surface area contributed by atoms with E-state index in [1.54, 1.807) is 63.2 Å². The van der Waals surface area contributed by atoms with E-state index in [9.17, 15) is 17.6 Å². The maximum atomic E-state index is 14.5. The molecule has 9 heteroatoms. The normalized spacial score (nSPS) is 19.6. The maximum absolute atomic E-state index is 14.5. The zero-order valence-electron chi connectivity index (χ0n) is 17.2. The summed E-state index contributed by atoms with van der Waals surface area (Å²) < 4.78 is 40.9. The van der Waals surface area contributed by atoms with E-state index in [0.29, 0.717) is 10.6 Å². The van der Waals surface area contributed by atoms with Gasteiger partial charge in [-0.1, -0.05) is 75.0 Å². The second-order valence-electron chi connectivity index (χ2n) is 8.10. The van der Waals surface area contributed by atoms with Gasteiger partial charge in [-0.3, -0.25) is 4.79 Å². The lowest BCUT2D eigenvalue weighted by Gasteiger charge is -2.38. The summed E-state index contributed by atoms with van der Waals surface area (Å²) in [7, 11) is -3.56. The molecule has 0 saturated heterocycles. The number of nitrogens with one attached hydrogen (secondary N) is 1. The van der Waals surface area contributed by atoms with Gasteiger partial charge in [0.1, 0.15) is 10.9 Å². The molecule has 1 atom stereocenters. The van der Waals surface area contributed by atoms with Crippen LogP contribution in [-0.4, -0.2) is 37.2 Å². The zero-order valence-corrected chi connectivity index (χ0v) is 18.8. The van der Waals surface area contributed by atoms with Gasteiger partial charge in [-0.25, -0.2) is 22.5 Å². The van der Waals surface area contributed by atoms with Gasteiger partial charge in [0, 0.05) is 11.0 Å². The molecule has 0 aliphatic carbocycles. The number of thioether (sulfide) groups is 1. The van der Waals surface area contributed by atoms with Gasteiger partial charge in [-0.15, -0.1) is 0 Å². The molecule has 160 valence electrons. The molecule has 1 aliphatic rings. The van der Waals surface area contributed by atoms with Crippen LogP contribution in [0.1, 0.15) is 31.9 Å². The highest BCUT2D eigenvalue weighted by Gasteiger charge is 2.51. The fourth-order valence-electron chi connectivity index (χ4n) is 2.99. The van der Waals surface area contributed by atoms with E-state index in [1.165, 1.54) is 11.1 Å². The maximum Gasteiger partial charge on any atom is 0.249 e. The van der Waals surface area contributed by atoms with E-state index < -0.39 is 26.1 Å². The fraction of sp³-hybridized carbons (Fsp3) is 0.333. The number of rotatable bonds is 5. The standard InChI is InChI=1S/C21H24FN3O3S2/c1-20(2,3)19(26)25-21(14-23-30(4,27)28,15-10-6-5-7-11-15)29-18(24-25)16-12-8-9-13-17(16)22/h5-13,23H,14H2,1-4H3. The van der Waals surface area contributed by atoms with Crippen LogP contribution in [0.3, 0.4) is 0 Å². The van der Waals surface area contributed by atoms with E-state index in [0.717, 1.165) is 18.0 Å². The van der Waals surface area contributed by atoms with Crippen LogP contribution in [0.15, 0.2) is 59.7 Å². The molecule has 6 nitrogen and oxygen atoms in total. The first-order chi connectivity index (χ1) is 13.9. The smallest absolute Gasteiger partial charge is 0.249 e. The molecule has 0 radical (unpaired) electrons. The van der Waals surface area contributed by atoms with Gasteiger partial charge in [-0.2, -0.15) is 5.10 Å². The van der Waals surface area contributed by atoms with Crippen molar-refractivity contribution in [2.45, 2.75) is 25.6 Å². The van der Waals surface area contributed by atoms with Crippen LogP contribution in [0.5, 0.6) is 0 Å². The van der Waals surface area contributed by atoms with Crippen LogP contribution in [0.4, 0.5) is 4.39 Å². The summed E-state index contributed by atoms with van der Waals surface area (Å²) in [5.41, 5.74) is 0.144. The summed E-state index contributed by atoms with van der Waals surface area (Å²) in [4.78, 5) is 12.2. The second kappa shape index (κ2) is 8.13. The van der Waals surface area contributed by atoms with Crippen molar-refractivity contribution < 1.29 is 17.6 Å². The first-order valence-electron chi connectivity index (χ1n) is 9.31. The molecule has 2 aromatic carbocycles. The van der Waals surface area contributed by atoms with Gasteiger partial charge >= 0.3 is 0 Å². The van der Waals surface area contributed by atoms with Crippen molar-refractivity contribution >= 4 is 32.7 Å².